The average Bonchev–Trinajstić information content (AvgIpc) is 3.15. The Kier molecular flexibility index (Phi) is 7.06. The zero-order valence-electron chi connectivity index (χ0n) is 14.8. The summed E-state index contributed by atoms with van der Waals surface area (Å²) in [6.45, 7) is 1.59. The van der Waals surface area contributed by atoms with Crippen LogP contribution in [-0.2, 0) is 10.0 Å². The summed E-state index contributed by atoms with van der Waals surface area (Å²) >= 11 is 0. The molecule has 2 aromatic carbocycles. The van der Waals surface area contributed by atoms with Crippen molar-refractivity contribution < 1.29 is 17.9 Å². The van der Waals surface area contributed by atoms with E-state index in [1.807, 2.05) is 0 Å². The van der Waals surface area contributed by atoms with Crippen molar-refractivity contribution in [2.45, 2.75) is 17.4 Å². The van der Waals surface area contributed by atoms with E-state index in [2.05, 4.69) is 15.4 Å². The number of carbonyl (C=O) groups is 1. The minimum absolute atomic E-state index is 0. The third-order valence-electron chi connectivity index (χ3n) is 4.14. The SMILES string of the molecule is COc1ccc(NS(=O)(=O)c2cccc(C(=O)NC3CCNC3)c2)cc1.Cl. The van der Waals surface area contributed by atoms with Gasteiger partial charge >= 0.3 is 0 Å². The van der Waals surface area contributed by atoms with Crippen LogP contribution in [0.3, 0.4) is 0 Å². The molecule has 1 saturated heterocycles. The Morgan fingerprint density at radius 2 is 1.93 bits per heavy atom. The number of hydrogen-bond acceptors (Lipinski definition) is 5. The van der Waals surface area contributed by atoms with E-state index in [0.717, 1.165) is 19.5 Å². The third kappa shape index (κ3) is 5.35. The molecule has 3 N–H and O–H groups in total. The van der Waals surface area contributed by atoms with Crippen LogP contribution in [0.2, 0.25) is 0 Å². The topological polar surface area (TPSA) is 96.5 Å². The molecule has 1 aliphatic heterocycles. The molecule has 2 aromatic rings. The maximum absolute atomic E-state index is 12.6. The molecule has 1 unspecified atom stereocenters. The minimum atomic E-state index is -3.80. The molecular formula is C18H22ClN3O4S. The van der Waals surface area contributed by atoms with Crippen LogP contribution in [0, 0.1) is 0 Å². The fourth-order valence-electron chi connectivity index (χ4n) is 2.72. The fraction of sp³-hybridized carbons (Fsp3) is 0.278. The van der Waals surface area contributed by atoms with Gasteiger partial charge in [-0.25, -0.2) is 8.42 Å². The molecule has 0 bridgehead atoms. The Bertz CT molecular complexity index is 882. The zero-order chi connectivity index (χ0) is 18.6. The summed E-state index contributed by atoms with van der Waals surface area (Å²) in [5, 5.41) is 6.08. The number of carbonyl (C=O) groups excluding carboxylic acids is 1. The quantitative estimate of drug-likeness (QED) is 0.675. The summed E-state index contributed by atoms with van der Waals surface area (Å²) in [4.78, 5) is 12.4. The summed E-state index contributed by atoms with van der Waals surface area (Å²) in [6.07, 6.45) is 0.864. The highest BCUT2D eigenvalue weighted by Crippen LogP contribution is 2.20. The van der Waals surface area contributed by atoms with Crippen LogP contribution < -0.4 is 20.1 Å². The molecule has 0 spiro atoms. The Balaban J connectivity index is 0.00000261. The van der Waals surface area contributed by atoms with Crippen molar-refractivity contribution >= 4 is 34.0 Å². The van der Waals surface area contributed by atoms with Crippen LogP contribution in [0.4, 0.5) is 5.69 Å². The number of ether oxygens (including phenoxy) is 1. The van der Waals surface area contributed by atoms with Gasteiger partial charge in [0.05, 0.1) is 12.0 Å². The lowest BCUT2D eigenvalue weighted by Gasteiger charge is -2.13. The van der Waals surface area contributed by atoms with Crippen LogP contribution in [0.1, 0.15) is 16.8 Å². The highest BCUT2D eigenvalue weighted by atomic mass is 35.5. The van der Waals surface area contributed by atoms with E-state index in [1.54, 1.807) is 36.4 Å². The van der Waals surface area contributed by atoms with Crippen molar-refractivity contribution in [1.29, 1.82) is 0 Å². The predicted molar refractivity (Wildman–Crippen MR) is 106 cm³/mol. The first-order valence-electron chi connectivity index (χ1n) is 8.26. The second-order valence-corrected chi connectivity index (χ2v) is 7.71. The molecule has 9 heteroatoms. The van der Waals surface area contributed by atoms with Gasteiger partial charge in [0.25, 0.3) is 15.9 Å². The van der Waals surface area contributed by atoms with E-state index >= 15 is 0 Å². The van der Waals surface area contributed by atoms with E-state index in [0.29, 0.717) is 17.0 Å². The van der Waals surface area contributed by atoms with Gasteiger partial charge in [-0.2, -0.15) is 0 Å². The lowest BCUT2D eigenvalue weighted by atomic mass is 10.2. The maximum Gasteiger partial charge on any atom is 0.261 e. The van der Waals surface area contributed by atoms with Crippen LogP contribution in [-0.4, -0.2) is 40.6 Å². The lowest BCUT2D eigenvalue weighted by Crippen LogP contribution is -2.36. The number of hydrogen-bond donors (Lipinski definition) is 3. The minimum Gasteiger partial charge on any atom is -0.497 e. The first kappa shape index (κ1) is 21.0. The molecule has 1 atom stereocenters. The Morgan fingerprint density at radius 1 is 1.19 bits per heavy atom. The number of rotatable bonds is 6. The number of amides is 1. The average molecular weight is 412 g/mol. The van der Waals surface area contributed by atoms with E-state index < -0.39 is 10.0 Å². The molecule has 0 aliphatic carbocycles. The predicted octanol–water partition coefficient (Wildman–Crippen LogP) is 2.01. The summed E-state index contributed by atoms with van der Waals surface area (Å²) in [6, 6.07) is 12.6. The molecule has 0 radical (unpaired) electrons. The molecule has 0 aromatic heterocycles. The van der Waals surface area contributed by atoms with E-state index in [1.165, 1.54) is 19.2 Å². The van der Waals surface area contributed by atoms with Crippen molar-refractivity contribution in [2.24, 2.45) is 0 Å². The number of halogens is 1. The van der Waals surface area contributed by atoms with E-state index in [9.17, 15) is 13.2 Å². The smallest absolute Gasteiger partial charge is 0.261 e. The van der Waals surface area contributed by atoms with Crippen molar-refractivity contribution in [1.82, 2.24) is 10.6 Å². The highest BCUT2D eigenvalue weighted by molar-refractivity contribution is 7.92. The maximum atomic E-state index is 12.6. The molecule has 7 nitrogen and oxygen atoms in total. The van der Waals surface area contributed by atoms with Gasteiger partial charge in [0.2, 0.25) is 0 Å². The lowest BCUT2D eigenvalue weighted by molar-refractivity contribution is 0.0940. The van der Waals surface area contributed by atoms with Gasteiger partial charge < -0.3 is 15.4 Å². The first-order chi connectivity index (χ1) is 12.5. The Morgan fingerprint density at radius 3 is 2.56 bits per heavy atom. The number of anilines is 1. The summed E-state index contributed by atoms with van der Waals surface area (Å²) in [5.74, 6) is 0.355. The molecule has 1 aliphatic rings. The normalized spacial score (nSPS) is 16.3. The van der Waals surface area contributed by atoms with Crippen LogP contribution in [0.15, 0.2) is 53.4 Å². The highest BCUT2D eigenvalue weighted by Gasteiger charge is 2.20. The summed E-state index contributed by atoms with van der Waals surface area (Å²) in [7, 11) is -2.26. The summed E-state index contributed by atoms with van der Waals surface area (Å²) < 4.78 is 32.7. The third-order valence-corrected chi connectivity index (χ3v) is 5.52. The number of nitrogens with one attached hydrogen (secondary N) is 3. The van der Waals surface area contributed by atoms with Crippen molar-refractivity contribution in [3.63, 3.8) is 0 Å². The van der Waals surface area contributed by atoms with Crippen molar-refractivity contribution in [3.05, 3.63) is 54.1 Å². The van der Waals surface area contributed by atoms with Crippen LogP contribution in [0.25, 0.3) is 0 Å². The molecule has 0 saturated carbocycles. The number of methoxy groups -OCH3 is 1. The van der Waals surface area contributed by atoms with Gasteiger partial charge in [0.15, 0.2) is 0 Å². The molecule has 3 rings (SSSR count). The molecule has 146 valence electrons. The second-order valence-electron chi connectivity index (χ2n) is 6.03. The second kappa shape index (κ2) is 9.07. The van der Waals surface area contributed by atoms with Gasteiger partial charge in [0, 0.05) is 23.8 Å². The summed E-state index contributed by atoms with van der Waals surface area (Å²) in [5.41, 5.74) is 0.729. The molecule has 27 heavy (non-hydrogen) atoms. The van der Waals surface area contributed by atoms with Crippen LogP contribution in [0.5, 0.6) is 5.75 Å². The van der Waals surface area contributed by atoms with Crippen molar-refractivity contribution in [3.8, 4) is 5.75 Å². The Hall–Kier alpha value is -2.29. The van der Waals surface area contributed by atoms with Gasteiger partial charge in [-0.1, -0.05) is 6.07 Å². The molecule has 1 amide bonds. The standard InChI is InChI=1S/C18H21N3O4S.ClH/c1-25-16-7-5-14(6-8-16)21-26(23,24)17-4-2-3-13(11-17)18(22)20-15-9-10-19-12-15;/h2-8,11,15,19,21H,9-10,12H2,1H3,(H,20,22);1H. The number of sulfonamides is 1. The molecule has 1 heterocycles. The van der Waals surface area contributed by atoms with Gasteiger partial charge in [-0.3, -0.25) is 9.52 Å². The number of benzene rings is 2. The monoisotopic (exact) mass is 411 g/mol. The largest absolute Gasteiger partial charge is 0.497 e. The Labute approximate surface area is 165 Å². The van der Waals surface area contributed by atoms with Gasteiger partial charge in [-0.05, 0) is 55.4 Å². The fourth-order valence-corrected chi connectivity index (χ4v) is 3.83. The zero-order valence-corrected chi connectivity index (χ0v) is 16.4. The first-order valence-corrected chi connectivity index (χ1v) is 9.75. The molecular weight excluding hydrogens is 390 g/mol. The van der Waals surface area contributed by atoms with E-state index in [-0.39, 0.29) is 29.3 Å². The van der Waals surface area contributed by atoms with Crippen LogP contribution >= 0.6 is 12.4 Å². The van der Waals surface area contributed by atoms with Gasteiger partial charge in [-0.15, -0.1) is 12.4 Å². The molecule has 1 fully saturated rings. The van der Waals surface area contributed by atoms with Gasteiger partial charge in [0.1, 0.15) is 5.75 Å². The van der Waals surface area contributed by atoms with E-state index in [4.69, 9.17) is 4.74 Å². The van der Waals surface area contributed by atoms with Crippen molar-refractivity contribution in [2.75, 3.05) is 24.9 Å².